The number of hydrogen-bond acceptors (Lipinski definition) is 3. The summed E-state index contributed by atoms with van der Waals surface area (Å²) in [6.45, 7) is 0. The van der Waals surface area contributed by atoms with Crippen LogP contribution in [0.15, 0.2) is 36.9 Å². The smallest absolute Gasteiger partial charge is 0.137 e. The minimum atomic E-state index is -0.984. The van der Waals surface area contributed by atoms with Gasteiger partial charge in [-0.05, 0) is 18.9 Å². The molecule has 2 unspecified atom stereocenters. The zero-order chi connectivity index (χ0) is 14.0. The summed E-state index contributed by atoms with van der Waals surface area (Å²) in [6.07, 6.45) is 7.96. The predicted octanol–water partition coefficient (Wildman–Crippen LogP) is 3.32. The van der Waals surface area contributed by atoms with E-state index in [0.29, 0.717) is 11.4 Å². The summed E-state index contributed by atoms with van der Waals surface area (Å²) in [4.78, 5) is 4.02. The van der Waals surface area contributed by atoms with E-state index < -0.39 is 5.60 Å². The fourth-order valence-corrected chi connectivity index (χ4v) is 3.47. The zero-order valence-corrected chi connectivity index (χ0v) is 12.0. The Balaban J connectivity index is 2.08. The zero-order valence-electron chi connectivity index (χ0n) is 11.2. The highest BCUT2D eigenvalue weighted by atomic mass is 35.5. The summed E-state index contributed by atoms with van der Waals surface area (Å²) in [7, 11) is 0. The number of aliphatic hydroxyl groups is 1. The van der Waals surface area contributed by atoms with Gasteiger partial charge in [-0.1, -0.05) is 49.1 Å². The SMILES string of the molecule is OC1(c2ccccc2Cl)CCCCCC1n1cncn1. The van der Waals surface area contributed by atoms with Crippen molar-refractivity contribution >= 4 is 11.6 Å². The first-order valence-corrected chi connectivity index (χ1v) is 7.41. The topological polar surface area (TPSA) is 50.9 Å². The summed E-state index contributed by atoms with van der Waals surface area (Å²) >= 11 is 6.32. The molecular formula is C15H18ClN3O. The molecule has 0 amide bonds. The molecule has 0 saturated heterocycles. The van der Waals surface area contributed by atoms with Gasteiger partial charge in [0.05, 0.1) is 6.04 Å². The Hall–Kier alpha value is -1.39. The van der Waals surface area contributed by atoms with Gasteiger partial charge >= 0.3 is 0 Å². The maximum atomic E-state index is 11.4. The molecular weight excluding hydrogens is 274 g/mol. The Morgan fingerprint density at radius 1 is 1.25 bits per heavy atom. The van der Waals surface area contributed by atoms with Crippen LogP contribution in [0.4, 0.5) is 0 Å². The number of rotatable bonds is 2. The maximum Gasteiger partial charge on any atom is 0.137 e. The number of halogens is 1. The molecule has 1 aromatic heterocycles. The molecule has 20 heavy (non-hydrogen) atoms. The lowest BCUT2D eigenvalue weighted by atomic mass is 9.82. The second-order valence-electron chi connectivity index (χ2n) is 5.39. The lowest BCUT2D eigenvalue weighted by Gasteiger charge is -2.35. The molecule has 106 valence electrons. The van der Waals surface area contributed by atoms with Gasteiger partial charge in [-0.2, -0.15) is 5.10 Å². The van der Waals surface area contributed by atoms with E-state index in [4.69, 9.17) is 11.6 Å². The van der Waals surface area contributed by atoms with Crippen LogP contribution in [0.1, 0.15) is 43.7 Å². The van der Waals surface area contributed by atoms with Crippen LogP contribution in [-0.4, -0.2) is 19.9 Å². The Morgan fingerprint density at radius 2 is 2.10 bits per heavy atom. The molecule has 3 rings (SSSR count). The first-order chi connectivity index (χ1) is 9.72. The van der Waals surface area contributed by atoms with Crippen molar-refractivity contribution in [2.75, 3.05) is 0 Å². The van der Waals surface area contributed by atoms with E-state index in [1.165, 1.54) is 6.33 Å². The summed E-state index contributed by atoms with van der Waals surface area (Å²) in [5.41, 5.74) is -0.188. The van der Waals surface area contributed by atoms with Crippen molar-refractivity contribution < 1.29 is 5.11 Å². The van der Waals surface area contributed by atoms with E-state index in [2.05, 4.69) is 10.1 Å². The Bertz CT molecular complexity index is 572. The van der Waals surface area contributed by atoms with Crippen molar-refractivity contribution in [1.82, 2.24) is 14.8 Å². The largest absolute Gasteiger partial charge is 0.383 e. The van der Waals surface area contributed by atoms with Crippen molar-refractivity contribution in [2.45, 2.75) is 43.7 Å². The van der Waals surface area contributed by atoms with Crippen molar-refractivity contribution in [1.29, 1.82) is 0 Å². The van der Waals surface area contributed by atoms with Gasteiger partial charge in [0.1, 0.15) is 18.3 Å². The Morgan fingerprint density at radius 3 is 2.85 bits per heavy atom. The number of nitrogens with zero attached hydrogens (tertiary/aromatic N) is 3. The number of hydrogen-bond donors (Lipinski definition) is 1. The molecule has 0 radical (unpaired) electrons. The molecule has 0 aliphatic heterocycles. The molecule has 1 fully saturated rings. The molecule has 1 heterocycles. The first-order valence-electron chi connectivity index (χ1n) is 7.03. The molecule has 2 aromatic rings. The Kier molecular flexibility index (Phi) is 3.76. The summed E-state index contributed by atoms with van der Waals surface area (Å²) in [5.74, 6) is 0. The van der Waals surface area contributed by atoms with Crippen molar-refractivity contribution in [3.8, 4) is 0 Å². The molecule has 1 aliphatic carbocycles. The molecule has 0 spiro atoms. The van der Waals surface area contributed by atoms with Crippen LogP contribution in [0.25, 0.3) is 0 Å². The second-order valence-corrected chi connectivity index (χ2v) is 5.80. The Labute approximate surface area is 123 Å². The normalized spacial score (nSPS) is 27.2. The van der Waals surface area contributed by atoms with E-state index in [9.17, 15) is 5.11 Å². The average Bonchev–Trinajstić information content (AvgIpc) is 2.90. The molecule has 1 N–H and O–H groups in total. The minimum Gasteiger partial charge on any atom is -0.383 e. The molecule has 5 heteroatoms. The van der Waals surface area contributed by atoms with Gasteiger partial charge in [0.15, 0.2) is 0 Å². The van der Waals surface area contributed by atoms with Crippen molar-refractivity contribution in [3.63, 3.8) is 0 Å². The molecule has 2 atom stereocenters. The molecule has 4 nitrogen and oxygen atoms in total. The summed E-state index contributed by atoms with van der Waals surface area (Å²) in [6, 6.07) is 7.43. The fourth-order valence-electron chi connectivity index (χ4n) is 3.17. The van der Waals surface area contributed by atoms with Crippen LogP contribution >= 0.6 is 11.6 Å². The van der Waals surface area contributed by atoms with Gasteiger partial charge in [-0.15, -0.1) is 0 Å². The van der Waals surface area contributed by atoms with Crippen LogP contribution < -0.4 is 0 Å². The second kappa shape index (κ2) is 5.54. The monoisotopic (exact) mass is 291 g/mol. The highest BCUT2D eigenvalue weighted by molar-refractivity contribution is 6.31. The maximum absolute atomic E-state index is 11.4. The van der Waals surface area contributed by atoms with Gasteiger partial charge in [-0.25, -0.2) is 9.67 Å². The average molecular weight is 292 g/mol. The number of aromatic nitrogens is 3. The predicted molar refractivity (Wildman–Crippen MR) is 77.5 cm³/mol. The van der Waals surface area contributed by atoms with Crippen molar-refractivity contribution in [2.24, 2.45) is 0 Å². The first kappa shape index (κ1) is 13.6. The van der Waals surface area contributed by atoms with Crippen LogP contribution in [0.5, 0.6) is 0 Å². The summed E-state index contributed by atoms with van der Waals surface area (Å²) < 4.78 is 1.77. The molecule has 1 aliphatic rings. The van der Waals surface area contributed by atoms with Gasteiger partial charge in [0, 0.05) is 10.6 Å². The van der Waals surface area contributed by atoms with Crippen LogP contribution in [0.3, 0.4) is 0 Å². The lowest BCUT2D eigenvalue weighted by molar-refractivity contribution is -0.0285. The minimum absolute atomic E-state index is 0.118. The highest BCUT2D eigenvalue weighted by Gasteiger charge is 2.42. The quantitative estimate of drug-likeness (QED) is 0.864. The van der Waals surface area contributed by atoms with Gasteiger partial charge in [0.25, 0.3) is 0 Å². The van der Waals surface area contributed by atoms with Gasteiger partial charge < -0.3 is 5.11 Å². The third-order valence-electron chi connectivity index (χ3n) is 4.18. The summed E-state index contributed by atoms with van der Waals surface area (Å²) in [5, 5.41) is 16.2. The van der Waals surface area contributed by atoms with Crippen molar-refractivity contribution in [3.05, 3.63) is 47.5 Å². The van der Waals surface area contributed by atoms with E-state index in [-0.39, 0.29) is 6.04 Å². The van der Waals surface area contributed by atoms with Crippen LogP contribution in [-0.2, 0) is 5.60 Å². The van der Waals surface area contributed by atoms with Crippen LogP contribution in [0, 0.1) is 0 Å². The van der Waals surface area contributed by atoms with Gasteiger partial charge in [0.2, 0.25) is 0 Å². The highest BCUT2D eigenvalue weighted by Crippen LogP contribution is 2.45. The van der Waals surface area contributed by atoms with E-state index in [1.54, 1.807) is 11.0 Å². The molecule has 1 aromatic carbocycles. The lowest BCUT2D eigenvalue weighted by Crippen LogP contribution is -2.36. The standard InChI is InChI=1S/C15H18ClN3O/c16-13-7-4-3-6-12(13)15(20)9-5-1-2-8-14(15)19-11-17-10-18-19/h3-4,6-7,10-11,14,20H,1-2,5,8-9H2. The molecule has 1 saturated carbocycles. The third kappa shape index (κ3) is 2.34. The van der Waals surface area contributed by atoms with Gasteiger partial charge in [-0.3, -0.25) is 0 Å². The van der Waals surface area contributed by atoms with E-state index in [1.807, 2.05) is 24.3 Å². The third-order valence-corrected chi connectivity index (χ3v) is 4.51. The van der Waals surface area contributed by atoms with E-state index >= 15 is 0 Å². The fraction of sp³-hybridized carbons (Fsp3) is 0.467. The number of benzene rings is 1. The van der Waals surface area contributed by atoms with E-state index in [0.717, 1.165) is 31.2 Å². The molecule has 0 bridgehead atoms. The van der Waals surface area contributed by atoms with Crippen LogP contribution in [0.2, 0.25) is 5.02 Å².